The summed E-state index contributed by atoms with van der Waals surface area (Å²) in [5.41, 5.74) is -0.303. The summed E-state index contributed by atoms with van der Waals surface area (Å²) in [6, 6.07) is 0. The Morgan fingerprint density at radius 1 is 1.31 bits per heavy atom. The topological polar surface area (TPSA) is 143 Å². The summed E-state index contributed by atoms with van der Waals surface area (Å²) in [5.74, 6) is -0.599. The first kappa shape index (κ1) is 23.6. The van der Waals surface area contributed by atoms with Crippen LogP contribution in [0.2, 0.25) is 0 Å². The number of aliphatic hydroxyl groups is 2. The minimum atomic E-state index is -1.46. The summed E-state index contributed by atoms with van der Waals surface area (Å²) >= 11 is 5.48. The molecule has 0 aliphatic carbocycles. The van der Waals surface area contributed by atoms with E-state index in [9.17, 15) is 24.6 Å². The highest BCUT2D eigenvalue weighted by Crippen LogP contribution is 2.29. The van der Waals surface area contributed by atoms with E-state index in [1.807, 2.05) is 0 Å². The van der Waals surface area contributed by atoms with E-state index in [2.05, 4.69) is 10.3 Å². The Balaban J connectivity index is 0.00000300. The van der Waals surface area contributed by atoms with Crippen LogP contribution < -0.4 is 16.6 Å². The number of halogens is 2. The normalized spacial score (nSPS) is 27.7. The summed E-state index contributed by atoms with van der Waals surface area (Å²) < 4.78 is 11.8. The van der Waals surface area contributed by atoms with E-state index in [4.69, 9.17) is 21.1 Å². The quantitative estimate of drug-likeness (QED) is 0.431. The van der Waals surface area contributed by atoms with E-state index in [0.29, 0.717) is 12.8 Å². The number of H-pyrrole nitrogens is 1. The van der Waals surface area contributed by atoms with Gasteiger partial charge in [0.2, 0.25) is 0 Å². The molecule has 1 aromatic rings. The number of aromatic amines is 1. The van der Waals surface area contributed by atoms with E-state index in [0.717, 1.165) is 23.2 Å². The van der Waals surface area contributed by atoms with Crippen LogP contribution in [0.5, 0.6) is 0 Å². The van der Waals surface area contributed by atoms with E-state index in [-0.39, 0.29) is 36.5 Å². The van der Waals surface area contributed by atoms with Crippen molar-refractivity contribution in [2.45, 2.75) is 37.4 Å². The van der Waals surface area contributed by atoms with Crippen LogP contribution in [0.3, 0.4) is 0 Å². The maximum absolute atomic E-state index is 12.1. The number of ether oxygens (including phenoxy) is 2. The second kappa shape index (κ2) is 10.4. The van der Waals surface area contributed by atoms with Crippen LogP contribution in [0.25, 0.3) is 6.08 Å². The second-order valence-electron chi connectivity index (χ2n) is 6.74. The molecule has 2 fully saturated rings. The van der Waals surface area contributed by atoms with Crippen molar-refractivity contribution in [1.29, 1.82) is 0 Å². The third-order valence-corrected chi connectivity index (χ3v) is 5.04. The van der Waals surface area contributed by atoms with Crippen LogP contribution >= 0.6 is 24.0 Å². The van der Waals surface area contributed by atoms with Crippen LogP contribution in [-0.4, -0.2) is 63.7 Å². The van der Waals surface area contributed by atoms with E-state index in [1.54, 1.807) is 0 Å². The molecule has 0 amide bonds. The lowest BCUT2D eigenvalue weighted by atomic mass is 9.98. The zero-order valence-electron chi connectivity index (χ0n) is 15.3. The lowest BCUT2D eigenvalue weighted by molar-refractivity contribution is -0.155. The Hall–Kier alpha value is -1.69. The number of hydrogen-bond acceptors (Lipinski definition) is 8. The molecule has 0 saturated carbocycles. The minimum Gasteiger partial charge on any atom is -0.463 e. The molecule has 29 heavy (non-hydrogen) atoms. The Labute approximate surface area is 176 Å². The first-order chi connectivity index (χ1) is 13.4. The number of aliphatic hydroxyl groups excluding tert-OH is 2. The fraction of sp³-hybridized carbons (Fsp3) is 0.588. The molecule has 2 saturated heterocycles. The minimum absolute atomic E-state index is 0. The predicted molar refractivity (Wildman–Crippen MR) is 106 cm³/mol. The molecule has 0 spiro atoms. The average molecular weight is 452 g/mol. The molecular formula is C17H23Cl2N3O7. The van der Waals surface area contributed by atoms with Gasteiger partial charge in [-0.2, -0.15) is 0 Å². The Kier molecular flexibility index (Phi) is 8.44. The molecule has 4 N–H and O–H groups in total. The van der Waals surface area contributed by atoms with Gasteiger partial charge >= 0.3 is 11.7 Å². The molecule has 0 bridgehead atoms. The number of nitrogens with one attached hydrogen (secondary N) is 2. The van der Waals surface area contributed by atoms with Gasteiger partial charge in [-0.05, 0) is 32.0 Å². The van der Waals surface area contributed by atoms with Gasteiger partial charge in [-0.1, -0.05) is 11.6 Å². The van der Waals surface area contributed by atoms with Gasteiger partial charge in [0.05, 0.1) is 11.5 Å². The van der Waals surface area contributed by atoms with Gasteiger partial charge < -0.3 is 25.0 Å². The largest absolute Gasteiger partial charge is 0.463 e. The lowest BCUT2D eigenvalue weighted by Gasteiger charge is -2.22. The molecular weight excluding hydrogens is 429 g/mol. The maximum atomic E-state index is 12.1. The van der Waals surface area contributed by atoms with Crippen LogP contribution in [0.15, 0.2) is 21.3 Å². The third kappa shape index (κ3) is 5.27. The Bertz CT molecular complexity index is 850. The zero-order chi connectivity index (χ0) is 20.3. The Morgan fingerprint density at radius 3 is 2.66 bits per heavy atom. The van der Waals surface area contributed by atoms with Gasteiger partial charge in [0.15, 0.2) is 6.23 Å². The van der Waals surface area contributed by atoms with Gasteiger partial charge in [-0.3, -0.25) is 19.1 Å². The molecule has 1 aromatic heterocycles. The van der Waals surface area contributed by atoms with Crippen molar-refractivity contribution in [2.75, 3.05) is 19.7 Å². The zero-order valence-corrected chi connectivity index (χ0v) is 16.9. The summed E-state index contributed by atoms with van der Waals surface area (Å²) in [6.45, 7) is 1.21. The summed E-state index contributed by atoms with van der Waals surface area (Å²) in [7, 11) is 0. The summed E-state index contributed by atoms with van der Waals surface area (Å²) in [6.07, 6.45) is -1.34. The molecule has 4 atom stereocenters. The maximum Gasteiger partial charge on any atom is 0.330 e. The highest BCUT2D eigenvalue weighted by molar-refractivity contribution is 6.27. The lowest BCUT2D eigenvalue weighted by Crippen LogP contribution is -2.38. The van der Waals surface area contributed by atoms with Crippen molar-refractivity contribution in [3.05, 3.63) is 38.1 Å². The molecule has 0 radical (unpaired) electrons. The second-order valence-corrected chi connectivity index (χ2v) is 7.00. The number of nitrogens with zero attached hydrogens (tertiary/aromatic N) is 1. The fourth-order valence-corrected chi connectivity index (χ4v) is 3.45. The Morgan fingerprint density at radius 2 is 2.00 bits per heavy atom. The predicted octanol–water partition coefficient (Wildman–Crippen LogP) is -0.670. The smallest absolute Gasteiger partial charge is 0.330 e. The van der Waals surface area contributed by atoms with Crippen molar-refractivity contribution in [2.24, 2.45) is 5.92 Å². The van der Waals surface area contributed by atoms with Gasteiger partial charge in [-0.15, -0.1) is 12.4 Å². The highest BCUT2D eigenvalue weighted by atomic mass is 35.5. The van der Waals surface area contributed by atoms with E-state index >= 15 is 0 Å². The highest BCUT2D eigenvalue weighted by Gasteiger charge is 2.45. The fourth-order valence-electron chi connectivity index (χ4n) is 3.31. The first-order valence-corrected chi connectivity index (χ1v) is 9.37. The van der Waals surface area contributed by atoms with E-state index in [1.165, 1.54) is 12.3 Å². The van der Waals surface area contributed by atoms with E-state index < -0.39 is 35.8 Å². The van der Waals surface area contributed by atoms with Gasteiger partial charge in [-0.25, -0.2) is 4.79 Å². The summed E-state index contributed by atoms with van der Waals surface area (Å²) in [5, 5.41) is 23.7. The van der Waals surface area contributed by atoms with Crippen molar-refractivity contribution in [3.8, 4) is 0 Å². The third-order valence-electron chi connectivity index (χ3n) is 4.91. The number of hydrogen-bond donors (Lipinski definition) is 4. The average Bonchev–Trinajstić information content (AvgIpc) is 2.97. The van der Waals surface area contributed by atoms with Crippen LogP contribution in [0, 0.1) is 5.92 Å². The van der Waals surface area contributed by atoms with Gasteiger partial charge in [0.25, 0.3) is 5.56 Å². The SMILES string of the molecule is Cl.O=C(OC[C@H]1O[C@@H](n2cc(/C=C/Cl)c(=O)[nH]c2=O)[C@@H](O)[C@@H]1O)C1CCNCC1. The number of piperidine rings is 1. The molecule has 162 valence electrons. The number of aromatic nitrogens is 2. The van der Waals surface area contributed by atoms with Crippen molar-refractivity contribution in [1.82, 2.24) is 14.9 Å². The number of carbonyl (C=O) groups is 1. The molecule has 2 aliphatic rings. The standard InChI is InChI=1S/C17H22ClN3O7.ClH/c18-4-1-10-7-21(17(26)20-14(10)24)15-13(23)12(22)11(28-15)8-27-16(25)9-2-5-19-6-3-9;/h1,4,7,9,11-13,15,19,22-23H,2-3,5-6,8H2,(H,20,24,26);1H/b4-1+;/t11-,12-,13+,15-;/m1./s1. The monoisotopic (exact) mass is 451 g/mol. The van der Waals surface area contributed by atoms with Crippen LogP contribution in [0.4, 0.5) is 0 Å². The molecule has 10 nitrogen and oxygen atoms in total. The molecule has 12 heteroatoms. The molecule has 3 heterocycles. The van der Waals surface area contributed by atoms with Crippen molar-refractivity contribution < 1.29 is 24.5 Å². The summed E-state index contributed by atoms with van der Waals surface area (Å²) in [4.78, 5) is 38.1. The van der Waals surface area contributed by atoms with Crippen molar-refractivity contribution >= 4 is 36.1 Å². The number of carbonyl (C=O) groups excluding carboxylic acids is 1. The van der Waals surface area contributed by atoms with Crippen LogP contribution in [-0.2, 0) is 14.3 Å². The first-order valence-electron chi connectivity index (χ1n) is 8.93. The van der Waals surface area contributed by atoms with Gasteiger partial charge in [0.1, 0.15) is 24.9 Å². The van der Waals surface area contributed by atoms with Gasteiger partial charge in [0, 0.05) is 11.7 Å². The molecule has 3 rings (SSSR count). The molecule has 0 aromatic carbocycles. The molecule has 0 unspecified atom stereocenters. The van der Waals surface area contributed by atoms with Crippen LogP contribution in [0.1, 0.15) is 24.6 Å². The van der Waals surface area contributed by atoms with Crippen molar-refractivity contribution in [3.63, 3.8) is 0 Å². The number of rotatable bonds is 5. The number of esters is 1. The molecule has 2 aliphatic heterocycles.